The maximum atomic E-state index is 11.7. The normalized spacial score (nSPS) is 12.3. The molecule has 0 radical (unpaired) electrons. The van der Waals surface area contributed by atoms with E-state index >= 15 is 0 Å². The van der Waals surface area contributed by atoms with Crippen LogP contribution in [0.3, 0.4) is 0 Å². The molecule has 0 bridgehead atoms. The Bertz CT molecular complexity index is 580. The topological polar surface area (TPSA) is 62.2 Å². The smallest absolute Gasteiger partial charge is 0.226 e. The number of aliphatic hydroxyl groups is 1. The van der Waals surface area contributed by atoms with Gasteiger partial charge in [0, 0.05) is 11.9 Å². The number of nitrogens with zero attached hydrogens (tertiary/aromatic N) is 1. The Kier molecular flexibility index (Phi) is 5.54. The van der Waals surface area contributed by atoms with E-state index in [1.54, 1.807) is 6.92 Å². The summed E-state index contributed by atoms with van der Waals surface area (Å²) in [5, 5.41) is 14.6. The number of aromatic nitrogens is 1. The zero-order valence-corrected chi connectivity index (χ0v) is 13.3. The highest BCUT2D eigenvalue weighted by atomic mass is 35.5. The average molecular weight is 331 g/mol. The minimum absolute atomic E-state index is 0.0771. The van der Waals surface area contributed by atoms with Crippen molar-refractivity contribution >= 4 is 40.2 Å². The van der Waals surface area contributed by atoms with Gasteiger partial charge in [-0.1, -0.05) is 11.6 Å². The number of aliphatic hydroxyl groups excluding tert-OH is 1. The van der Waals surface area contributed by atoms with Gasteiger partial charge in [0.2, 0.25) is 5.91 Å². The number of hydrogen-bond acceptors (Lipinski definition) is 5. The second-order valence-corrected chi connectivity index (χ2v) is 6.99. The summed E-state index contributed by atoms with van der Waals surface area (Å²) in [6, 6.07) is 3.77. The summed E-state index contributed by atoms with van der Waals surface area (Å²) in [5.74, 6) is -0.0771. The number of rotatable bonds is 6. The van der Waals surface area contributed by atoms with E-state index in [2.05, 4.69) is 10.3 Å². The van der Waals surface area contributed by atoms with E-state index < -0.39 is 6.10 Å². The number of amides is 1. The zero-order valence-electron chi connectivity index (χ0n) is 10.9. The molecule has 7 heteroatoms. The van der Waals surface area contributed by atoms with Crippen LogP contribution < -0.4 is 5.32 Å². The molecule has 0 spiro atoms. The van der Waals surface area contributed by atoms with Gasteiger partial charge in [0.05, 0.1) is 27.4 Å². The first-order valence-electron chi connectivity index (χ1n) is 6.19. The Hall–Kier alpha value is -0.950. The molecular formula is C13H15ClN2O2S2. The van der Waals surface area contributed by atoms with Gasteiger partial charge >= 0.3 is 0 Å². The minimum Gasteiger partial charge on any atom is -0.393 e. The highest BCUT2D eigenvalue weighted by Gasteiger charge is 2.10. The molecule has 0 saturated carbocycles. The van der Waals surface area contributed by atoms with Crippen LogP contribution in [0.5, 0.6) is 0 Å². The number of hydrogen-bond donors (Lipinski definition) is 2. The van der Waals surface area contributed by atoms with Gasteiger partial charge in [0.15, 0.2) is 0 Å². The standard InChI is InChI=1S/C13H15ClN2O2S2/c1-8(17)4-5-15-12(18)6-9-7-19-13(16-9)10-2-3-11(14)20-10/h2-3,7-8,17H,4-6H2,1H3,(H,15,18). The average Bonchev–Trinajstić information content (AvgIpc) is 2.97. The minimum atomic E-state index is -0.398. The van der Waals surface area contributed by atoms with Crippen LogP contribution in [-0.2, 0) is 11.2 Å². The monoisotopic (exact) mass is 330 g/mol. The van der Waals surface area contributed by atoms with Crippen LogP contribution in [0, 0.1) is 0 Å². The number of halogens is 1. The molecule has 0 aromatic carbocycles. The molecule has 108 valence electrons. The number of thiazole rings is 1. The maximum absolute atomic E-state index is 11.7. The van der Waals surface area contributed by atoms with Crippen molar-refractivity contribution in [3.05, 3.63) is 27.5 Å². The molecule has 4 nitrogen and oxygen atoms in total. The Morgan fingerprint density at radius 2 is 2.35 bits per heavy atom. The van der Waals surface area contributed by atoms with Crippen LogP contribution in [0.1, 0.15) is 19.0 Å². The predicted molar refractivity (Wildman–Crippen MR) is 83.4 cm³/mol. The molecule has 20 heavy (non-hydrogen) atoms. The van der Waals surface area contributed by atoms with Crippen molar-refractivity contribution in [2.24, 2.45) is 0 Å². The van der Waals surface area contributed by atoms with Gasteiger partial charge in [0.25, 0.3) is 0 Å². The summed E-state index contributed by atoms with van der Waals surface area (Å²) >= 11 is 8.88. The highest BCUT2D eigenvalue weighted by Crippen LogP contribution is 2.32. The van der Waals surface area contributed by atoms with E-state index in [0.717, 1.165) is 19.9 Å². The van der Waals surface area contributed by atoms with E-state index in [-0.39, 0.29) is 12.3 Å². The second kappa shape index (κ2) is 7.17. The molecular weight excluding hydrogens is 316 g/mol. The number of carbonyl (C=O) groups excluding carboxylic acids is 1. The van der Waals surface area contributed by atoms with Gasteiger partial charge in [-0.15, -0.1) is 22.7 Å². The molecule has 1 unspecified atom stereocenters. The fourth-order valence-electron chi connectivity index (χ4n) is 1.58. The Morgan fingerprint density at radius 3 is 3.00 bits per heavy atom. The van der Waals surface area contributed by atoms with Crippen molar-refractivity contribution in [2.75, 3.05) is 6.54 Å². The van der Waals surface area contributed by atoms with E-state index in [9.17, 15) is 4.79 Å². The summed E-state index contributed by atoms with van der Waals surface area (Å²) in [4.78, 5) is 17.1. The fourth-order valence-corrected chi connectivity index (χ4v) is 3.51. The summed E-state index contributed by atoms with van der Waals surface area (Å²) in [6.07, 6.45) is 0.418. The second-order valence-electron chi connectivity index (χ2n) is 4.41. The van der Waals surface area contributed by atoms with Crippen LogP contribution >= 0.6 is 34.3 Å². The molecule has 0 aliphatic carbocycles. The van der Waals surface area contributed by atoms with Crippen LogP contribution in [0.4, 0.5) is 0 Å². The molecule has 1 amide bonds. The van der Waals surface area contributed by atoms with Gasteiger partial charge in [-0.25, -0.2) is 4.98 Å². The van der Waals surface area contributed by atoms with Crippen LogP contribution in [0.2, 0.25) is 4.34 Å². The first-order chi connectivity index (χ1) is 9.54. The van der Waals surface area contributed by atoms with E-state index in [4.69, 9.17) is 16.7 Å². The molecule has 2 N–H and O–H groups in total. The molecule has 0 aliphatic heterocycles. The lowest BCUT2D eigenvalue weighted by Crippen LogP contribution is -2.27. The van der Waals surface area contributed by atoms with Crippen molar-refractivity contribution in [3.8, 4) is 9.88 Å². The zero-order chi connectivity index (χ0) is 14.5. The van der Waals surface area contributed by atoms with E-state index in [0.29, 0.717) is 13.0 Å². The van der Waals surface area contributed by atoms with Gasteiger partial charge in [-0.2, -0.15) is 0 Å². The Labute approximate surface area is 130 Å². The summed E-state index contributed by atoms with van der Waals surface area (Å²) in [5.41, 5.74) is 0.754. The third-order valence-corrected chi connectivity index (χ3v) is 4.85. The van der Waals surface area contributed by atoms with Crippen molar-refractivity contribution in [1.29, 1.82) is 0 Å². The molecule has 2 aromatic heterocycles. The fraction of sp³-hybridized carbons (Fsp3) is 0.385. The lowest BCUT2D eigenvalue weighted by Gasteiger charge is -2.05. The number of nitrogens with one attached hydrogen (secondary N) is 1. The molecule has 0 aliphatic rings. The van der Waals surface area contributed by atoms with E-state index in [1.807, 2.05) is 17.5 Å². The third kappa shape index (κ3) is 4.56. The third-order valence-electron chi connectivity index (χ3n) is 2.56. The molecule has 1 atom stereocenters. The highest BCUT2D eigenvalue weighted by molar-refractivity contribution is 7.23. The predicted octanol–water partition coefficient (Wildman–Crippen LogP) is 2.95. The number of carbonyl (C=O) groups is 1. The van der Waals surface area contributed by atoms with Crippen molar-refractivity contribution in [2.45, 2.75) is 25.9 Å². The first kappa shape index (κ1) is 15.4. The molecule has 2 rings (SSSR count). The quantitative estimate of drug-likeness (QED) is 0.856. The van der Waals surface area contributed by atoms with Crippen LogP contribution in [-0.4, -0.2) is 28.6 Å². The van der Waals surface area contributed by atoms with Gasteiger partial charge in [-0.3, -0.25) is 4.79 Å². The maximum Gasteiger partial charge on any atom is 0.226 e. The van der Waals surface area contributed by atoms with Crippen molar-refractivity contribution < 1.29 is 9.90 Å². The molecule has 0 fully saturated rings. The Balaban J connectivity index is 1.88. The first-order valence-corrected chi connectivity index (χ1v) is 8.27. The summed E-state index contributed by atoms with van der Waals surface area (Å²) in [6.45, 7) is 2.18. The molecule has 2 heterocycles. The van der Waals surface area contributed by atoms with Gasteiger partial charge < -0.3 is 10.4 Å². The van der Waals surface area contributed by atoms with Crippen molar-refractivity contribution in [1.82, 2.24) is 10.3 Å². The SMILES string of the molecule is CC(O)CCNC(=O)Cc1csc(-c2ccc(Cl)s2)n1. The Morgan fingerprint density at radius 1 is 1.55 bits per heavy atom. The van der Waals surface area contributed by atoms with Gasteiger partial charge in [-0.05, 0) is 25.5 Å². The lowest BCUT2D eigenvalue weighted by molar-refractivity contribution is -0.120. The van der Waals surface area contributed by atoms with Crippen molar-refractivity contribution in [3.63, 3.8) is 0 Å². The largest absolute Gasteiger partial charge is 0.393 e. The van der Waals surface area contributed by atoms with Gasteiger partial charge in [0.1, 0.15) is 5.01 Å². The lowest BCUT2D eigenvalue weighted by atomic mass is 10.2. The molecule has 0 saturated heterocycles. The summed E-state index contributed by atoms with van der Waals surface area (Å²) in [7, 11) is 0. The van der Waals surface area contributed by atoms with Crippen LogP contribution in [0.25, 0.3) is 9.88 Å². The van der Waals surface area contributed by atoms with Crippen LogP contribution in [0.15, 0.2) is 17.5 Å². The van der Waals surface area contributed by atoms with E-state index in [1.165, 1.54) is 22.7 Å². The number of thiophene rings is 1. The summed E-state index contributed by atoms with van der Waals surface area (Å²) < 4.78 is 0.729. The molecule has 2 aromatic rings.